The van der Waals surface area contributed by atoms with Gasteiger partial charge in [-0.2, -0.15) is 0 Å². The van der Waals surface area contributed by atoms with Crippen molar-refractivity contribution in [1.82, 2.24) is 4.98 Å². The predicted octanol–water partition coefficient (Wildman–Crippen LogP) is 4.51. The molecule has 0 aliphatic carbocycles. The van der Waals surface area contributed by atoms with Crippen molar-refractivity contribution in [3.05, 3.63) is 66.6 Å². The Morgan fingerprint density at radius 2 is 1.75 bits per heavy atom. The van der Waals surface area contributed by atoms with Crippen molar-refractivity contribution in [2.75, 3.05) is 13.2 Å². The number of esters is 1. The summed E-state index contributed by atoms with van der Waals surface area (Å²) < 4.78 is 10.8. The third-order valence-electron chi connectivity index (χ3n) is 3.88. The van der Waals surface area contributed by atoms with Crippen molar-refractivity contribution in [2.24, 2.45) is 5.16 Å². The highest BCUT2D eigenvalue weighted by Gasteiger charge is 2.16. The molecule has 28 heavy (non-hydrogen) atoms. The first-order valence-corrected chi connectivity index (χ1v) is 9.18. The van der Waals surface area contributed by atoms with E-state index in [9.17, 15) is 4.79 Å². The van der Waals surface area contributed by atoms with E-state index in [1.54, 1.807) is 13.1 Å². The highest BCUT2D eigenvalue weighted by molar-refractivity contribution is 5.76. The number of aryl methyl sites for hydroxylation is 1. The Morgan fingerprint density at radius 3 is 2.43 bits per heavy atom. The van der Waals surface area contributed by atoms with Gasteiger partial charge in [0.25, 0.3) is 0 Å². The van der Waals surface area contributed by atoms with Crippen LogP contribution in [0.25, 0.3) is 22.6 Å². The second kappa shape index (κ2) is 10.1. The third-order valence-corrected chi connectivity index (χ3v) is 3.88. The van der Waals surface area contributed by atoms with Gasteiger partial charge in [-0.05, 0) is 13.3 Å². The molecule has 0 saturated carbocycles. The fourth-order valence-corrected chi connectivity index (χ4v) is 2.63. The van der Waals surface area contributed by atoms with E-state index in [1.165, 1.54) is 0 Å². The monoisotopic (exact) mass is 378 g/mol. The van der Waals surface area contributed by atoms with E-state index in [1.807, 2.05) is 60.7 Å². The lowest BCUT2D eigenvalue weighted by atomic mass is 10.1. The number of ether oxygens (including phenoxy) is 1. The molecule has 0 aliphatic heterocycles. The molecule has 1 aromatic heterocycles. The van der Waals surface area contributed by atoms with E-state index in [0.717, 1.165) is 22.6 Å². The molecule has 3 aromatic rings. The molecule has 0 spiro atoms. The van der Waals surface area contributed by atoms with Gasteiger partial charge >= 0.3 is 5.97 Å². The zero-order chi connectivity index (χ0) is 19.6. The van der Waals surface area contributed by atoms with Gasteiger partial charge in [0.05, 0.1) is 6.61 Å². The molecule has 0 radical (unpaired) electrons. The van der Waals surface area contributed by atoms with E-state index >= 15 is 0 Å². The van der Waals surface area contributed by atoms with Crippen LogP contribution in [0, 0.1) is 0 Å². The highest BCUT2D eigenvalue weighted by Crippen LogP contribution is 2.32. The van der Waals surface area contributed by atoms with E-state index in [-0.39, 0.29) is 6.61 Å². The van der Waals surface area contributed by atoms with Crippen molar-refractivity contribution in [2.45, 2.75) is 19.8 Å². The molecule has 144 valence electrons. The van der Waals surface area contributed by atoms with Crippen molar-refractivity contribution in [3.8, 4) is 22.6 Å². The van der Waals surface area contributed by atoms with Crippen molar-refractivity contribution < 1.29 is 18.8 Å². The summed E-state index contributed by atoms with van der Waals surface area (Å²) >= 11 is 0. The SMILES string of the molecule is CCOC(=O)CON=CCCc1nc(-c2ccccc2)c(-c2ccccc2)o1. The number of carbonyl (C=O) groups excluding carboxylic acids is 1. The fourth-order valence-electron chi connectivity index (χ4n) is 2.63. The smallest absolute Gasteiger partial charge is 0.347 e. The second-order valence-electron chi connectivity index (χ2n) is 5.92. The molecule has 6 heteroatoms. The maximum atomic E-state index is 11.2. The lowest BCUT2D eigenvalue weighted by Crippen LogP contribution is -2.10. The van der Waals surface area contributed by atoms with Crippen LogP contribution in [0.1, 0.15) is 19.2 Å². The summed E-state index contributed by atoms with van der Waals surface area (Å²) in [6, 6.07) is 19.9. The van der Waals surface area contributed by atoms with Gasteiger partial charge in [0.1, 0.15) is 5.69 Å². The number of oxazole rings is 1. The number of oxime groups is 1. The minimum Gasteiger partial charge on any atom is -0.463 e. The van der Waals surface area contributed by atoms with Gasteiger partial charge in [-0.1, -0.05) is 65.8 Å². The van der Waals surface area contributed by atoms with Gasteiger partial charge in [-0.25, -0.2) is 9.78 Å². The van der Waals surface area contributed by atoms with Crippen LogP contribution in [0.3, 0.4) is 0 Å². The molecule has 0 N–H and O–H groups in total. The van der Waals surface area contributed by atoms with Gasteiger partial charge < -0.3 is 14.0 Å². The average molecular weight is 378 g/mol. The first-order valence-electron chi connectivity index (χ1n) is 9.18. The number of hydrogen-bond acceptors (Lipinski definition) is 6. The lowest BCUT2D eigenvalue weighted by molar-refractivity contribution is -0.148. The van der Waals surface area contributed by atoms with Crippen LogP contribution in [-0.4, -0.2) is 30.4 Å². The van der Waals surface area contributed by atoms with Crippen LogP contribution < -0.4 is 0 Å². The molecule has 0 aliphatic rings. The molecular formula is C22H22N2O4. The first-order chi connectivity index (χ1) is 13.8. The number of aromatic nitrogens is 1. The largest absolute Gasteiger partial charge is 0.463 e. The van der Waals surface area contributed by atoms with Crippen LogP contribution in [0.4, 0.5) is 0 Å². The van der Waals surface area contributed by atoms with Crippen LogP contribution in [0.5, 0.6) is 0 Å². The van der Waals surface area contributed by atoms with Crippen LogP contribution in [0.15, 0.2) is 70.2 Å². The van der Waals surface area contributed by atoms with Crippen LogP contribution in [0.2, 0.25) is 0 Å². The molecule has 0 amide bonds. The molecule has 0 unspecified atom stereocenters. The molecule has 0 saturated heterocycles. The summed E-state index contributed by atoms with van der Waals surface area (Å²) in [4.78, 5) is 20.7. The van der Waals surface area contributed by atoms with Crippen molar-refractivity contribution >= 4 is 12.2 Å². The number of rotatable bonds is 9. The summed E-state index contributed by atoms with van der Waals surface area (Å²) in [5, 5.41) is 3.76. The van der Waals surface area contributed by atoms with Gasteiger partial charge in [-0.3, -0.25) is 0 Å². The molecule has 0 bridgehead atoms. The maximum absolute atomic E-state index is 11.2. The summed E-state index contributed by atoms with van der Waals surface area (Å²) in [5.74, 6) is 0.930. The minimum absolute atomic E-state index is 0.195. The summed E-state index contributed by atoms with van der Waals surface area (Å²) in [6.45, 7) is 1.87. The number of carbonyl (C=O) groups is 1. The Morgan fingerprint density at radius 1 is 1.07 bits per heavy atom. The summed E-state index contributed by atoms with van der Waals surface area (Å²) in [6.07, 6.45) is 2.73. The molecule has 0 fully saturated rings. The Hall–Kier alpha value is -3.41. The molecule has 6 nitrogen and oxygen atoms in total. The number of nitrogens with zero attached hydrogens (tertiary/aromatic N) is 2. The Labute approximate surface area is 163 Å². The zero-order valence-electron chi connectivity index (χ0n) is 15.7. The number of benzene rings is 2. The van der Waals surface area contributed by atoms with Crippen LogP contribution >= 0.6 is 0 Å². The quantitative estimate of drug-likeness (QED) is 0.311. The number of hydrogen-bond donors (Lipinski definition) is 0. The standard InChI is InChI=1S/C22H22N2O4/c1-2-26-20(25)16-27-23-15-9-14-19-24-21(17-10-5-3-6-11-17)22(28-19)18-12-7-4-8-13-18/h3-8,10-13,15H,2,9,14,16H2,1H3. The highest BCUT2D eigenvalue weighted by atomic mass is 16.6. The lowest BCUT2D eigenvalue weighted by Gasteiger charge is -2.00. The predicted molar refractivity (Wildman–Crippen MR) is 107 cm³/mol. The zero-order valence-corrected chi connectivity index (χ0v) is 15.7. The van der Waals surface area contributed by atoms with E-state index < -0.39 is 5.97 Å². The first kappa shape index (κ1) is 19.4. The molecule has 3 rings (SSSR count). The summed E-state index contributed by atoms with van der Waals surface area (Å²) in [5.41, 5.74) is 2.80. The molecule has 0 atom stereocenters. The topological polar surface area (TPSA) is 73.9 Å². The summed E-state index contributed by atoms with van der Waals surface area (Å²) in [7, 11) is 0. The molecular weight excluding hydrogens is 356 g/mol. The second-order valence-corrected chi connectivity index (χ2v) is 5.92. The fraction of sp³-hybridized carbons (Fsp3) is 0.227. The van der Waals surface area contributed by atoms with Crippen molar-refractivity contribution in [3.63, 3.8) is 0 Å². The average Bonchev–Trinajstić information content (AvgIpc) is 3.16. The third kappa shape index (κ3) is 5.30. The minimum atomic E-state index is -0.438. The Kier molecular flexibility index (Phi) is 6.95. The van der Waals surface area contributed by atoms with Crippen LogP contribution in [-0.2, 0) is 20.8 Å². The van der Waals surface area contributed by atoms with Gasteiger partial charge in [0, 0.05) is 23.8 Å². The molecule has 2 aromatic carbocycles. The van der Waals surface area contributed by atoms with Gasteiger partial charge in [-0.15, -0.1) is 0 Å². The van der Waals surface area contributed by atoms with E-state index in [4.69, 9.17) is 14.0 Å². The van der Waals surface area contributed by atoms with E-state index in [0.29, 0.717) is 25.3 Å². The van der Waals surface area contributed by atoms with E-state index in [2.05, 4.69) is 10.1 Å². The molecule has 1 heterocycles. The normalized spacial score (nSPS) is 10.9. The van der Waals surface area contributed by atoms with Crippen molar-refractivity contribution in [1.29, 1.82) is 0 Å². The van der Waals surface area contributed by atoms with Gasteiger partial charge in [0.2, 0.25) is 6.61 Å². The van der Waals surface area contributed by atoms with Gasteiger partial charge in [0.15, 0.2) is 11.7 Å². The Bertz CT molecular complexity index is 848. The Balaban J connectivity index is 1.67. The maximum Gasteiger partial charge on any atom is 0.347 e.